The van der Waals surface area contributed by atoms with Crippen molar-refractivity contribution in [3.63, 3.8) is 0 Å². The van der Waals surface area contributed by atoms with Crippen LogP contribution in [0.5, 0.6) is 0 Å². The molecule has 28 heavy (non-hydrogen) atoms. The lowest BCUT2D eigenvalue weighted by molar-refractivity contribution is -0.881. The monoisotopic (exact) mass is 391 g/mol. The van der Waals surface area contributed by atoms with Crippen molar-refractivity contribution < 1.29 is 28.8 Å². The Hall–Kier alpha value is -2.94. The molecule has 0 fully saturated rings. The van der Waals surface area contributed by atoms with Gasteiger partial charge in [0.2, 0.25) is 5.91 Å². The van der Waals surface area contributed by atoms with Crippen LogP contribution in [0.4, 0.5) is 16.2 Å². The molecular weight excluding hydrogens is 364 g/mol. The first-order chi connectivity index (χ1) is 13.3. The summed E-state index contributed by atoms with van der Waals surface area (Å²) in [4.78, 5) is 50.8. The van der Waals surface area contributed by atoms with Crippen molar-refractivity contribution in [3.05, 3.63) is 24.3 Å². The van der Waals surface area contributed by atoms with E-state index in [4.69, 9.17) is 0 Å². The van der Waals surface area contributed by atoms with Crippen LogP contribution in [-0.4, -0.2) is 56.1 Å². The van der Waals surface area contributed by atoms with E-state index in [-0.39, 0.29) is 44.0 Å². The standard InChI is InChI=1S/C19H26N4O5/c1-4-22(11-17(25)21-19(27)28-5-2)12-18(26)23-13(3)10-16(24)20-14-8-6-7-9-15(14)23/h6-9,13H,4-5,10-12H2,1-3H3,(H,20,24)(H,21,25,27)/p+1/t13-/m0/s1. The minimum Gasteiger partial charge on any atom is -0.450 e. The quantitative estimate of drug-likeness (QED) is 0.629. The number of carbonyl (C=O) groups is 4. The lowest BCUT2D eigenvalue weighted by Gasteiger charge is -2.29. The lowest BCUT2D eigenvalue weighted by atomic mass is 10.1. The van der Waals surface area contributed by atoms with Gasteiger partial charge in [-0.1, -0.05) is 12.1 Å². The molecule has 2 rings (SSSR count). The molecule has 2 atom stereocenters. The van der Waals surface area contributed by atoms with Crippen LogP contribution in [-0.2, 0) is 19.1 Å². The number of nitrogens with zero attached hydrogens (tertiary/aromatic N) is 1. The summed E-state index contributed by atoms with van der Waals surface area (Å²) >= 11 is 0. The fourth-order valence-corrected chi connectivity index (χ4v) is 3.13. The zero-order valence-corrected chi connectivity index (χ0v) is 16.4. The van der Waals surface area contributed by atoms with Crippen LogP contribution in [0, 0.1) is 0 Å². The van der Waals surface area contributed by atoms with Gasteiger partial charge in [-0.15, -0.1) is 0 Å². The molecular formula is C19H27N4O5+. The molecule has 1 unspecified atom stereocenters. The van der Waals surface area contributed by atoms with Gasteiger partial charge in [0.1, 0.15) is 0 Å². The zero-order valence-electron chi connectivity index (χ0n) is 16.4. The third kappa shape index (κ3) is 5.53. The van der Waals surface area contributed by atoms with Crippen LogP contribution >= 0.6 is 0 Å². The van der Waals surface area contributed by atoms with Crippen molar-refractivity contribution in [1.82, 2.24) is 5.32 Å². The van der Waals surface area contributed by atoms with Crippen LogP contribution in [0.15, 0.2) is 24.3 Å². The molecule has 0 aliphatic carbocycles. The molecule has 3 N–H and O–H groups in total. The van der Waals surface area contributed by atoms with Crippen LogP contribution < -0.4 is 20.4 Å². The van der Waals surface area contributed by atoms with E-state index in [1.54, 1.807) is 36.1 Å². The number of hydrogen-bond acceptors (Lipinski definition) is 5. The maximum Gasteiger partial charge on any atom is 0.414 e. The van der Waals surface area contributed by atoms with Gasteiger partial charge in [0, 0.05) is 12.5 Å². The molecule has 0 spiro atoms. The number of fused-ring (bicyclic) bond motifs is 1. The molecule has 1 aliphatic heterocycles. The molecule has 0 aromatic heterocycles. The Morgan fingerprint density at radius 1 is 1.25 bits per heavy atom. The highest BCUT2D eigenvalue weighted by atomic mass is 16.5. The van der Waals surface area contributed by atoms with E-state index in [1.165, 1.54) is 0 Å². The predicted molar refractivity (Wildman–Crippen MR) is 103 cm³/mol. The van der Waals surface area contributed by atoms with Crippen LogP contribution in [0.25, 0.3) is 0 Å². The number of likely N-dealkylation sites (N-methyl/N-ethyl adjacent to an activating group) is 1. The minimum atomic E-state index is -0.797. The minimum absolute atomic E-state index is 0.0396. The summed E-state index contributed by atoms with van der Waals surface area (Å²) < 4.78 is 4.69. The number of rotatable bonds is 6. The second-order valence-electron chi connectivity index (χ2n) is 6.61. The zero-order chi connectivity index (χ0) is 20.7. The Labute approximate surface area is 164 Å². The smallest absolute Gasteiger partial charge is 0.414 e. The number of hydrogen-bond donors (Lipinski definition) is 3. The van der Waals surface area contributed by atoms with Crippen molar-refractivity contribution in [3.8, 4) is 0 Å². The fraction of sp³-hybridized carbons (Fsp3) is 0.474. The average Bonchev–Trinajstić information content (AvgIpc) is 2.75. The fourth-order valence-electron chi connectivity index (χ4n) is 3.13. The maximum atomic E-state index is 13.0. The molecule has 1 heterocycles. The summed E-state index contributed by atoms with van der Waals surface area (Å²) in [7, 11) is 0. The number of alkyl carbamates (subject to hydrolysis) is 1. The molecule has 152 valence electrons. The predicted octanol–water partition coefficient (Wildman–Crippen LogP) is -0.0722. The van der Waals surface area contributed by atoms with Crippen LogP contribution in [0.3, 0.4) is 0 Å². The molecule has 0 radical (unpaired) electrons. The number of carbonyl (C=O) groups excluding carboxylic acids is 4. The molecule has 1 aromatic rings. The van der Waals surface area contributed by atoms with Crippen molar-refractivity contribution in [2.75, 3.05) is 36.5 Å². The third-order valence-electron chi connectivity index (χ3n) is 4.46. The highest BCUT2D eigenvalue weighted by Crippen LogP contribution is 2.30. The van der Waals surface area contributed by atoms with Crippen molar-refractivity contribution in [1.29, 1.82) is 0 Å². The maximum absolute atomic E-state index is 13.0. The van der Waals surface area contributed by atoms with Crippen molar-refractivity contribution >= 4 is 35.2 Å². The summed E-state index contributed by atoms with van der Waals surface area (Å²) in [5.74, 6) is -0.856. The third-order valence-corrected chi connectivity index (χ3v) is 4.46. The van der Waals surface area contributed by atoms with Gasteiger partial charge >= 0.3 is 6.09 Å². The summed E-state index contributed by atoms with van der Waals surface area (Å²) in [6.07, 6.45) is -0.612. The van der Waals surface area contributed by atoms with E-state index in [2.05, 4.69) is 15.4 Å². The average molecular weight is 391 g/mol. The number of nitrogens with one attached hydrogen (secondary N) is 3. The summed E-state index contributed by atoms with van der Waals surface area (Å²) in [6.45, 7) is 6.02. The summed E-state index contributed by atoms with van der Waals surface area (Å²) in [6, 6.07) is 6.82. The first kappa shape index (κ1) is 21.4. The van der Waals surface area contributed by atoms with E-state index in [0.29, 0.717) is 22.8 Å². The number of quaternary nitrogens is 1. The van der Waals surface area contributed by atoms with Gasteiger partial charge in [0.25, 0.3) is 11.8 Å². The molecule has 0 saturated heterocycles. The molecule has 4 amide bonds. The van der Waals surface area contributed by atoms with Gasteiger partial charge in [0.15, 0.2) is 13.1 Å². The topological polar surface area (TPSA) is 109 Å². The van der Waals surface area contributed by atoms with E-state index in [0.717, 1.165) is 0 Å². The number of para-hydroxylation sites is 2. The van der Waals surface area contributed by atoms with Gasteiger partial charge in [-0.2, -0.15) is 0 Å². The highest BCUT2D eigenvalue weighted by molar-refractivity contribution is 6.04. The second kappa shape index (κ2) is 9.84. The van der Waals surface area contributed by atoms with Crippen molar-refractivity contribution in [2.24, 2.45) is 0 Å². The van der Waals surface area contributed by atoms with E-state index in [1.807, 2.05) is 13.8 Å². The van der Waals surface area contributed by atoms with E-state index >= 15 is 0 Å². The first-order valence-corrected chi connectivity index (χ1v) is 9.36. The van der Waals surface area contributed by atoms with Gasteiger partial charge in [0.05, 0.1) is 24.5 Å². The van der Waals surface area contributed by atoms with Gasteiger partial charge in [-0.25, -0.2) is 4.79 Å². The van der Waals surface area contributed by atoms with Crippen molar-refractivity contribution in [2.45, 2.75) is 33.2 Å². The Morgan fingerprint density at radius 2 is 1.96 bits per heavy atom. The number of benzene rings is 1. The number of anilines is 2. The first-order valence-electron chi connectivity index (χ1n) is 9.36. The SMILES string of the molecule is CCOC(=O)NC(=O)C[NH+](CC)CC(=O)N1c2ccccc2NC(=O)C[C@@H]1C. The molecule has 1 aromatic carbocycles. The van der Waals surface area contributed by atoms with Crippen LogP contribution in [0.1, 0.15) is 27.2 Å². The number of imide groups is 1. The molecule has 0 bridgehead atoms. The number of amides is 4. The van der Waals surface area contributed by atoms with Gasteiger partial charge in [-0.05, 0) is 32.9 Å². The summed E-state index contributed by atoms with van der Waals surface area (Å²) in [5, 5.41) is 4.95. The molecule has 1 aliphatic rings. The Morgan fingerprint density at radius 3 is 2.64 bits per heavy atom. The summed E-state index contributed by atoms with van der Waals surface area (Å²) in [5.41, 5.74) is 1.22. The van der Waals surface area contributed by atoms with Crippen LogP contribution in [0.2, 0.25) is 0 Å². The Bertz CT molecular complexity index is 752. The second-order valence-corrected chi connectivity index (χ2v) is 6.61. The van der Waals surface area contributed by atoms with E-state index in [9.17, 15) is 19.2 Å². The Balaban J connectivity index is 2.10. The lowest BCUT2D eigenvalue weighted by Crippen LogP contribution is -3.14. The molecule has 0 saturated carbocycles. The van der Waals surface area contributed by atoms with Gasteiger partial charge < -0.3 is 19.9 Å². The number of ether oxygens (including phenoxy) is 1. The molecule has 9 nitrogen and oxygen atoms in total. The molecule has 9 heteroatoms. The normalized spacial score (nSPS) is 17.0. The Kier molecular flexibility index (Phi) is 7.51. The van der Waals surface area contributed by atoms with Gasteiger partial charge in [-0.3, -0.25) is 19.7 Å². The van der Waals surface area contributed by atoms with E-state index < -0.39 is 12.0 Å². The largest absolute Gasteiger partial charge is 0.450 e. The highest BCUT2D eigenvalue weighted by Gasteiger charge is 2.31.